The van der Waals surface area contributed by atoms with Crippen molar-refractivity contribution in [2.75, 3.05) is 11.4 Å². The molecule has 1 aromatic heterocycles. The molecule has 0 saturated carbocycles. The summed E-state index contributed by atoms with van der Waals surface area (Å²) in [6.45, 7) is 0.00999. The molecule has 1 aromatic rings. The lowest BCUT2D eigenvalue weighted by Crippen LogP contribution is -2.26. The minimum Gasteiger partial charge on any atom is -0.297 e. The number of Topliss-reactive ketones (excluding diaryl/α,β-unsaturated/α-hetero) is 1. The first kappa shape index (κ1) is 10.2. The molecule has 0 atom stereocenters. The number of anilines is 1. The zero-order valence-electron chi connectivity index (χ0n) is 7.54. The van der Waals surface area contributed by atoms with E-state index in [1.165, 1.54) is 11.0 Å². The highest BCUT2D eigenvalue weighted by atomic mass is 79.9. The van der Waals surface area contributed by atoms with Crippen LogP contribution < -0.4 is 4.90 Å². The van der Waals surface area contributed by atoms with Crippen LogP contribution in [-0.4, -0.2) is 23.2 Å². The summed E-state index contributed by atoms with van der Waals surface area (Å²) < 4.78 is 13.1. The van der Waals surface area contributed by atoms with Crippen molar-refractivity contribution in [3.63, 3.8) is 0 Å². The zero-order valence-corrected chi connectivity index (χ0v) is 9.12. The molecule has 15 heavy (non-hydrogen) atoms. The van der Waals surface area contributed by atoms with E-state index >= 15 is 0 Å². The number of hydrogen-bond donors (Lipinski definition) is 0. The fourth-order valence-corrected chi connectivity index (χ4v) is 1.92. The Morgan fingerprint density at radius 1 is 1.47 bits per heavy atom. The summed E-state index contributed by atoms with van der Waals surface area (Å²) in [6, 6.07) is 1.21. The molecule has 1 amide bonds. The Balaban J connectivity index is 2.38. The van der Waals surface area contributed by atoms with Crippen molar-refractivity contribution in [3.05, 3.63) is 22.6 Å². The van der Waals surface area contributed by atoms with E-state index in [1.54, 1.807) is 0 Å². The number of carbonyl (C=O) groups excluding carboxylic acids is 2. The molecular formula is C9H6BrFN2O2. The van der Waals surface area contributed by atoms with E-state index < -0.39 is 5.82 Å². The number of rotatable bonds is 1. The van der Waals surface area contributed by atoms with Gasteiger partial charge in [-0.2, -0.15) is 0 Å². The first-order valence-electron chi connectivity index (χ1n) is 4.21. The summed E-state index contributed by atoms with van der Waals surface area (Å²) in [7, 11) is 0. The zero-order chi connectivity index (χ0) is 11.0. The Kier molecular flexibility index (Phi) is 2.52. The largest absolute Gasteiger partial charge is 0.297 e. The van der Waals surface area contributed by atoms with Gasteiger partial charge in [0.05, 0.1) is 23.6 Å². The molecule has 0 aliphatic carbocycles. The van der Waals surface area contributed by atoms with E-state index in [2.05, 4.69) is 20.9 Å². The Labute approximate surface area is 93.2 Å². The number of nitrogens with zero attached hydrogens (tertiary/aromatic N) is 2. The molecule has 0 spiro atoms. The van der Waals surface area contributed by atoms with Gasteiger partial charge in [0, 0.05) is 0 Å². The first-order valence-corrected chi connectivity index (χ1v) is 5.00. The van der Waals surface area contributed by atoms with Crippen LogP contribution in [0.4, 0.5) is 10.2 Å². The number of hydrogen-bond acceptors (Lipinski definition) is 3. The van der Waals surface area contributed by atoms with Crippen LogP contribution in [0.2, 0.25) is 0 Å². The van der Waals surface area contributed by atoms with Crippen LogP contribution in [0, 0.1) is 5.82 Å². The molecule has 0 radical (unpaired) electrons. The molecule has 4 nitrogen and oxygen atoms in total. The van der Waals surface area contributed by atoms with Crippen LogP contribution in [0.15, 0.2) is 16.7 Å². The summed E-state index contributed by atoms with van der Waals surface area (Å²) in [4.78, 5) is 27.4. The van der Waals surface area contributed by atoms with E-state index in [4.69, 9.17) is 0 Å². The maximum absolute atomic E-state index is 12.7. The van der Waals surface area contributed by atoms with Crippen LogP contribution in [0.5, 0.6) is 0 Å². The molecule has 0 aromatic carbocycles. The molecule has 0 bridgehead atoms. The van der Waals surface area contributed by atoms with Crippen molar-refractivity contribution in [1.29, 1.82) is 0 Å². The fourth-order valence-electron chi connectivity index (χ4n) is 1.38. The minimum absolute atomic E-state index is 0.00999. The lowest BCUT2D eigenvalue weighted by atomic mass is 10.3. The van der Waals surface area contributed by atoms with Crippen molar-refractivity contribution < 1.29 is 14.0 Å². The quantitative estimate of drug-likeness (QED) is 0.724. The molecule has 1 saturated heterocycles. The maximum Gasteiger partial charge on any atom is 0.236 e. The van der Waals surface area contributed by atoms with Crippen LogP contribution in [0.1, 0.15) is 6.42 Å². The van der Waals surface area contributed by atoms with Gasteiger partial charge >= 0.3 is 0 Å². The second kappa shape index (κ2) is 3.69. The summed E-state index contributed by atoms with van der Waals surface area (Å²) >= 11 is 3.10. The highest BCUT2D eigenvalue weighted by molar-refractivity contribution is 9.10. The van der Waals surface area contributed by atoms with E-state index in [0.717, 1.165) is 6.20 Å². The second-order valence-electron chi connectivity index (χ2n) is 3.15. The molecule has 2 rings (SSSR count). The van der Waals surface area contributed by atoms with Gasteiger partial charge < -0.3 is 0 Å². The van der Waals surface area contributed by atoms with Gasteiger partial charge in [0.15, 0.2) is 5.78 Å². The Morgan fingerprint density at radius 2 is 2.20 bits per heavy atom. The van der Waals surface area contributed by atoms with Crippen LogP contribution >= 0.6 is 15.9 Å². The molecule has 1 fully saturated rings. The SMILES string of the molecule is O=C1CC(=O)N(c2ncc(F)cc2Br)C1. The molecule has 6 heteroatoms. The molecule has 2 heterocycles. The van der Waals surface area contributed by atoms with Crippen molar-refractivity contribution in [2.45, 2.75) is 6.42 Å². The monoisotopic (exact) mass is 272 g/mol. The normalized spacial score (nSPS) is 16.3. The Hall–Kier alpha value is -1.30. The van der Waals surface area contributed by atoms with Crippen LogP contribution in [0.3, 0.4) is 0 Å². The minimum atomic E-state index is -0.497. The number of pyridine rings is 1. The number of ketones is 1. The van der Waals surface area contributed by atoms with Gasteiger partial charge in [-0.1, -0.05) is 0 Å². The average molecular weight is 273 g/mol. The average Bonchev–Trinajstić information content (AvgIpc) is 2.45. The fraction of sp³-hybridized carbons (Fsp3) is 0.222. The highest BCUT2D eigenvalue weighted by Gasteiger charge is 2.30. The summed E-state index contributed by atoms with van der Waals surface area (Å²) in [6.07, 6.45) is 0.904. The van der Waals surface area contributed by atoms with E-state index in [0.29, 0.717) is 4.47 Å². The molecular weight excluding hydrogens is 267 g/mol. The third kappa shape index (κ3) is 1.90. The number of aromatic nitrogens is 1. The summed E-state index contributed by atoms with van der Waals surface area (Å²) in [5.74, 6) is -0.673. The molecule has 78 valence electrons. The van der Waals surface area contributed by atoms with Crippen LogP contribution in [-0.2, 0) is 9.59 Å². The van der Waals surface area contributed by atoms with Gasteiger partial charge in [0.25, 0.3) is 0 Å². The molecule has 0 unspecified atom stereocenters. The van der Waals surface area contributed by atoms with Gasteiger partial charge in [-0.15, -0.1) is 0 Å². The maximum atomic E-state index is 12.7. The third-order valence-electron chi connectivity index (χ3n) is 2.03. The number of amides is 1. The molecule has 0 N–H and O–H groups in total. The van der Waals surface area contributed by atoms with Crippen molar-refractivity contribution in [1.82, 2.24) is 4.98 Å². The number of halogens is 2. The van der Waals surface area contributed by atoms with Gasteiger partial charge in [0.2, 0.25) is 5.91 Å². The van der Waals surface area contributed by atoms with Crippen molar-refractivity contribution >= 4 is 33.4 Å². The summed E-state index contributed by atoms with van der Waals surface area (Å²) in [5, 5.41) is 0. The van der Waals surface area contributed by atoms with E-state index in [-0.39, 0.29) is 30.5 Å². The van der Waals surface area contributed by atoms with Crippen molar-refractivity contribution in [2.24, 2.45) is 0 Å². The molecule has 1 aliphatic heterocycles. The topological polar surface area (TPSA) is 50.3 Å². The van der Waals surface area contributed by atoms with E-state index in [1.807, 2.05) is 0 Å². The van der Waals surface area contributed by atoms with Gasteiger partial charge in [-0.3, -0.25) is 14.5 Å². The highest BCUT2D eigenvalue weighted by Crippen LogP contribution is 2.26. The van der Waals surface area contributed by atoms with Crippen LogP contribution in [0.25, 0.3) is 0 Å². The van der Waals surface area contributed by atoms with E-state index in [9.17, 15) is 14.0 Å². The Morgan fingerprint density at radius 3 is 2.73 bits per heavy atom. The van der Waals surface area contributed by atoms with Gasteiger partial charge in [0.1, 0.15) is 11.6 Å². The lowest BCUT2D eigenvalue weighted by molar-refractivity contribution is -0.121. The van der Waals surface area contributed by atoms with Gasteiger partial charge in [-0.25, -0.2) is 9.37 Å². The third-order valence-corrected chi connectivity index (χ3v) is 2.61. The first-order chi connectivity index (χ1) is 7.08. The smallest absolute Gasteiger partial charge is 0.236 e. The van der Waals surface area contributed by atoms with Crippen molar-refractivity contribution in [3.8, 4) is 0 Å². The molecule has 1 aliphatic rings. The lowest BCUT2D eigenvalue weighted by Gasteiger charge is -2.14. The second-order valence-corrected chi connectivity index (χ2v) is 4.01. The predicted molar refractivity (Wildman–Crippen MR) is 53.9 cm³/mol. The standard InChI is InChI=1S/C9H6BrFN2O2/c10-7-1-5(11)3-12-9(7)13-4-6(14)2-8(13)15/h1,3H,2,4H2. The Bertz CT molecular complexity index is 450. The predicted octanol–water partition coefficient (Wildman–Crippen LogP) is 1.29. The van der Waals surface area contributed by atoms with Gasteiger partial charge in [-0.05, 0) is 22.0 Å². The number of carbonyl (C=O) groups is 2. The summed E-state index contributed by atoms with van der Waals surface area (Å²) in [5.41, 5.74) is 0.